The summed E-state index contributed by atoms with van der Waals surface area (Å²) in [5, 5.41) is 6.87. The Labute approximate surface area is 79.2 Å². The SMILES string of the molecule is CCNC(=O)NCc1csc(=O)[nH]1. The van der Waals surface area contributed by atoms with Gasteiger partial charge in [0.1, 0.15) is 0 Å². The van der Waals surface area contributed by atoms with Gasteiger partial charge in [-0.3, -0.25) is 4.79 Å². The zero-order valence-corrected chi connectivity index (χ0v) is 8.03. The van der Waals surface area contributed by atoms with Gasteiger partial charge < -0.3 is 15.6 Å². The molecule has 0 saturated carbocycles. The van der Waals surface area contributed by atoms with Gasteiger partial charge in [0.25, 0.3) is 0 Å². The van der Waals surface area contributed by atoms with E-state index >= 15 is 0 Å². The van der Waals surface area contributed by atoms with E-state index in [0.29, 0.717) is 13.1 Å². The summed E-state index contributed by atoms with van der Waals surface area (Å²) in [5.41, 5.74) is 0.723. The van der Waals surface area contributed by atoms with Crippen molar-refractivity contribution in [2.45, 2.75) is 13.5 Å². The summed E-state index contributed by atoms with van der Waals surface area (Å²) in [6.07, 6.45) is 0. The first-order valence-corrected chi connectivity index (χ1v) is 4.78. The molecule has 0 spiro atoms. The van der Waals surface area contributed by atoms with Crippen LogP contribution in [0, 0.1) is 0 Å². The Morgan fingerprint density at radius 1 is 1.62 bits per heavy atom. The molecule has 0 saturated heterocycles. The van der Waals surface area contributed by atoms with E-state index < -0.39 is 0 Å². The Bertz CT molecular complexity index is 330. The number of thiazole rings is 1. The van der Waals surface area contributed by atoms with Crippen molar-refractivity contribution >= 4 is 17.4 Å². The van der Waals surface area contributed by atoms with Crippen LogP contribution in [0.5, 0.6) is 0 Å². The number of hydrogen-bond donors (Lipinski definition) is 3. The maximum Gasteiger partial charge on any atom is 0.315 e. The van der Waals surface area contributed by atoms with Crippen molar-refractivity contribution < 1.29 is 4.79 Å². The first kappa shape index (κ1) is 9.79. The quantitative estimate of drug-likeness (QED) is 0.656. The second-order valence-corrected chi connectivity index (χ2v) is 3.23. The highest BCUT2D eigenvalue weighted by Crippen LogP contribution is 1.93. The van der Waals surface area contributed by atoms with Crippen LogP contribution in [0.1, 0.15) is 12.6 Å². The number of aromatic amines is 1. The van der Waals surface area contributed by atoms with Crippen LogP contribution >= 0.6 is 11.3 Å². The van der Waals surface area contributed by atoms with Crippen molar-refractivity contribution in [2.75, 3.05) is 6.54 Å². The van der Waals surface area contributed by atoms with E-state index in [9.17, 15) is 9.59 Å². The van der Waals surface area contributed by atoms with Gasteiger partial charge in [-0.2, -0.15) is 0 Å². The lowest BCUT2D eigenvalue weighted by Crippen LogP contribution is -2.34. The topological polar surface area (TPSA) is 74.0 Å². The molecule has 0 aliphatic rings. The molecule has 0 atom stereocenters. The van der Waals surface area contributed by atoms with Crippen molar-refractivity contribution in [2.24, 2.45) is 0 Å². The van der Waals surface area contributed by atoms with Crippen molar-refractivity contribution in [1.29, 1.82) is 0 Å². The molecule has 0 fully saturated rings. The molecular formula is C7H11N3O2S. The predicted octanol–water partition coefficient (Wildman–Crippen LogP) is 0.255. The first-order chi connectivity index (χ1) is 6.22. The number of carbonyl (C=O) groups is 1. The Kier molecular flexibility index (Phi) is 3.51. The molecule has 13 heavy (non-hydrogen) atoms. The largest absolute Gasteiger partial charge is 0.338 e. The lowest BCUT2D eigenvalue weighted by atomic mass is 10.5. The van der Waals surface area contributed by atoms with E-state index in [0.717, 1.165) is 17.0 Å². The molecule has 0 aliphatic heterocycles. The summed E-state index contributed by atoms with van der Waals surface area (Å²) < 4.78 is 0. The monoisotopic (exact) mass is 201 g/mol. The van der Waals surface area contributed by atoms with Gasteiger partial charge in [0.15, 0.2) is 0 Å². The van der Waals surface area contributed by atoms with E-state index in [2.05, 4.69) is 15.6 Å². The summed E-state index contributed by atoms with van der Waals surface area (Å²) in [6, 6.07) is -0.227. The number of nitrogens with one attached hydrogen (secondary N) is 3. The van der Waals surface area contributed by atoms with E-state index in [-0.39, 0.29) is 10.9 Å². The predicted molar refractivity (Wildman–Crippen MR) is 50.9 cm³/mol. The fourth-order valence-corrected chi connectivity index (χ4v) is 1.38. The van der Waals surface area contributed by atoms with Crippen LogP contribution in [-0.2, 0) is 6.54 Å². The van der Waals surface area contributed by atoms with Crippen LogP contribution < -0.4 is 15.5 Å². The molecule has 1 heterocycles. The van der Waals surface area contributed by atoms with Crippen LogP contribution in [-0.4, -0.2) is 17.6 Å². The van der Waals surface area contributed by atoms with Crippen molar-refractivity contribution in [3.8, 4) is 0 Å². The number of carbonyl (C=O) groups excluding carboxylic acids is 1. The fraction of sp³-hybridized carbons (Fsp3) is 0.429. The normalized spacial score (nSPS) is 9.62. The number of amides is 2. The summed E-state index contributed by atoms with van der Waals surface area (Å²) >= 11 is 1.09. The highest BCUT2D eigenvalue weighted by Gasteiger charge is 1.99. The van der Waals surface area contributed by atoms with Gasteiger partial charge in [-0.25, -0.2) is 4.79 Å². The van der Waals surface area contributed by atoms with Crippen LogP contribution in [0.25, 0.3) is 0 Å². The van der Waals surface area contributed by atoms with Gasteiger partial charge in [-0.15, -0.1) is 0 Å². The van der Waals surface area contributed by atoms with Gasteiger partial charge in [-0.05, 0) is 6.92 Å². The molecular weight excluding hydrogens is 190 g/mol. The lowest BCUT2D eigenvalue weighted by molar-refractivity contribution is 0.241. The third-order valence-corrected chi connectivity index (χ3v) is 2.07. The number of urea groups is 1. The fourth-order valence-electron chi connectivity index (χ4n) is 0.799. The molecule has 1 rings (SSSR count). The summed E-state index contributed by atoms with van der Waals surface area (Å²) in [6.45, 7) is 2.78. The first-order valence-electron chi connectivity index (χ1n) is 3.90. The van der Waals surface area contributed by atoms with Crippen LogP contribution in [0.15, 0.2) is 10.2 Å². The molecule has 5 nitrogen and oxygen atoms in total. The summed E-state index contributed by atoms with van der Waals surface area (Å²) in [5.74, 6) is 0. The lowest BCUT2D eigenvalue weighted by Gasteiger charge is -2.02. The molecule has 0 aliphatic carbocycles. The molecule has 3 N–H and O–H groups in total. The second kappa shape index (κ2) is 4.66. The average Bonchev–Trinajstić information content (AvgIpc) is 2.49. The van der Waals surface area contributed by atoms with Crippen molar-refractivity contribution in [1.82, 2.24) is 15.6 Å². The van der Waals surface area contributed by atoms with Crippen molar-refractivity contribution in [3.05, 3.63) is 20.7 Å². The van der Waals surface area contributed by atoms with Gasteiger partial charge in [0, 0.05) is 17.6 Å². The highest BCUT2D eigenvalue weighted by molar-refractivity contribution is 7.07. The highest BCUT2D eigenvalue weighted by atomic mass is 32.1. The minimum absolute atomic E-state index is 0.104. The smallest absolute Gasteiger partial charge is 0.315 e. The van der Waals surface area contributed by atoms with Crippen LogP contribution in [0.2, 0.25) is 0 Å². The van der Waals surface area contributed by atoms with Gasteiger partial charge in [-0.1, -0.05) is 11.3 Å². The molecule has 72 valence electrons. The molecule has 0 aromatic carbocycles. The maximum absolute atomic E-state index is 10.9. The molecule has 0 radical (unpaired) electrons. The molecule has 1 aromatic rings. The van der Waals surface area contributed by atoms with Gasteiger partial charge in [0.05, 0.1) is 6.54 Å². The second-order valence-electron chi connectivity index (χ2n) is 2.39. The van der Waals surface area contributed by atoms with E-state index in [1.165, 1.54) is 0 Å². The summed E-state index contributed by atoms with van der Waals surface area (Å²) in [7, 11) is 0. The zero-order chi connectivity index (χ0) is 9.68. The Morgan fingerprint density at radius 3 is 2.92 bits per heavy atom. The Balaban J connectivity index is 2.35. The number of aromatic nitrogens is 1. The van der Waals surface area contributed by atoms with Crippen LogP contribution in [0.3, 0.4) is 0 Å². The van der Waals surface area contributed by atoms with E-state index in [1.54, 1.807) is 5.38 Å². The maximum atomic E-state index is 10.9. The standard InChI is InChI=1S/C7H11N3O2S/c1-2-8-6(11)9-3-5-4-13-7(12)10-5/h4H,2-3H2,1H3,(H,10,12)(H2,8,9,11). The molecule has 2 amide bonds. The molecule has 6 heteroatoms. The van der Waals surface area contributed by atoms with E-state index in [1.807, 2.05) is 6.92 Å². The minimum Gasteiger partial charge on any atom is -0.338 e. The molecule has 0 unspecified atom stereocenters. The minimum atomic E-state index is -0.227. The van der Waals surface area contributed by atoms with Gasteiger partial charge >= 0.3 is 10.9 Å². The third-order valence-electron chi connectivity index (χ3n) is 1.35. The Morgan fingerprint density at radius 2 is 2.38 bits per heavy atom. The van der Waals surface area contributed by atoms with E-state index in [4.69, 9.17) is 0 Å². The summed E-state index contributed by atoms with van der Waals surface area (Å²) in [4.78, 5) is 24.1. The third kappa shape index (κ3) is 3.29. The molecule has 1 aromatic heterocycles. The zero-order valence-electron chi connectivity index (χ0n) is 7.22. The number of hydrogen-bond acceptors (Lipinski definition) is 3. The average molecular weight is 201 g/mol. The van der Waals surface area contributed by atoms with Crippen molar-refractivity contribution in [3.63, 3.8) is 0 Å². The van der Waals surface area contributed by atoms with Crippen LogP contribution in [0.4, 0.5) is 4.79 Å². The number of rotatable bonds is 3. The molecule has 0 bridgehead atoms. The van der Waals surface area contributed by atoms with Gasteiger partial charge in [0.2, 0.25) is 0 Å². The Hall–Kier alpha value is -1.30. The number of H-pyrrole nitrogens is 1.